The average Bonchev–Trinajstić information content (AvgIpc) is 3.09. The Morgan fingerprint density at radius 3 is 2.53 bits per heavy atom. The molecule has 0 heterocycles. The Morgan fingerprint density at radius 2 is 2.12 bits per heavy atom. The van der Waals surface area contributed by atoms with Gasteiger partial charge in [0.2, 0.25) is 5.91 Å². The number of carbonyl (C=O) groups is 2. The number of amides is 1. The van der Waals surface area contributed by atoms with Crippen LogP contribution in [0.2, 0.25) is 0 Å². The molecule has 0 bridgehead atoms. The number of ether oxygens (including phenoxy) is 1. The summed E-state index contributed by atoms with van der Waals surface area (Å²) in [4.78, 5) is 24.8. The molecule has 1 saturated carbocycles. The molecular weight excluding hydrogens is 220 g/mol. The molecule has 1 N–H and O–H groups in total. The molecule has 0 radical (unpaired) electrons. The van der Waals surface area contributed by atoms with Crippen LogP contribution in [0, 0.1) is 5.92 Å². The summed E-state index contributed by atoms with van der Waals surface area (Å²) in [6, 6.07) is -0.559. The molecule has 0 aromatic rings. The lowest BCUT2D eigenvalue weighted by molar-refractivity contribution is -0.145. The molecule has 1 unspecified atom stereocenters. The van der Waals surface area contributed by atoms with Crippen molar-refractivity contribution in [2.75, 3.05) is 26.7 Å². The molecule has 0 aromatic heterocycles. The number of esters is 1. The van der Waals surface area contributed by atoms with Gasteiger partial charge >= 0.3 is 5.97 Å². The van der Waals surface area contributed by atoms with Crippen LogP contribution in [0.15, 0.2) is 0 Å². The van der Waals surface area contributed by atoms with Crippen molar-refractivity contribution in [1.29, 1.82) is 0 Å². The van der Waals surface area contributed by atoms with Crippen LogP contribution in [0.3, 0.4) is 0 Å². The molecule has 1 amide bonds. The molecule has 0 spiro atoms. The highest BCUT2D eigenvalue weighted by molar-refractivity contribution is 5.83. The highest BCUT2D eigenvalue weighted by Crippen LogP contribution is 2.29. The second-order valence-corrected chi connectivity index (χ2v) is 4.57. The SMILES string of the molecule is CCN(CC1CC1)CC(NC(C)=O)C(=O)OC. The van der Waals surface area contributed by atoms with Gasteiger partial charge in [0.05, 0.1) is 7.11 Å². The quantitative estimate of drug-likeness (QED) is 0.656. The number of nitrogens with one attached hydrogen (secondary N) is 1. The first-order chi connectivity index (χ1) is 8.06. The minimum atomic E-state index is -0.559. The molecular formula is C12H22N2O3. The van der Waals surface area contributed by atoms with Gasteiger partial charge in [0.25, 0.3) is 0 Å². The third-order valence-electron chi connectivity index (χ3n) is 2.96. The maximum absolute atomic E-state index is 11.5. The highest BCUT2D eigenvalue weighted by atomic mass is 16.5. The van der Waals surface area contributed by atoms with Crippen molar-refractivity contribution < 1.29 is 14.3 Å². The third kappa shape index (κ3) is 5.17. The van der Waals surface area contributed by atoms with Crippen molar-refractivity contribution in [3.8, 4) is 0 Å². The van der Waals surface area contributed by atoms with E-state index in [2.05, 4.69) is 17.1 Å². The predicted octanol–water partition coefficient (Wildman–Crippen LogP) is 0.396. The summed E-state index contributed by atoms with van der Waals surface area (Å²) >= 11 is 0. The van der Waals surface area contributed by atoms with Crippen LogP contribution in [0.1, 0.15) is 26.7 Å². The van der Waals surface area contributed by atoms with Crippen molar-refractivity contribution in [3.63, 3.8) is 0 Å². The summed E-state index contributed by atoms with van der Waals surface area (Å²) in [7, 11) is 1.34. The Hall–Kier alpha value is -1.10. The molecule has 98 valence electrons. The zero-order chi connectivity index (χ0) is 12.8. The molecule has 5 heteroatoms. The van der Waals surface area contributed by atoms with Gasteiger partial charge in [-0.05, 0) is 25.3 Å². The van der Waals surface area contributed by atoms with Gasteiger partial charge in [-0.2, -0.15) is 0 Å². The van der Waals surface area contributed by atoms with Crippen LogP contribution in [0.4, 0.5) is 0 Å². The second kappa shape index (κ2) is 6.59. The summed E-state index contributed by atoms with van der Waals surface area (Å²) in [5.41, 5.74) is 0. The van der Waals surface area contributed by atoms with E-state index < -0.39 is 6.04 Å². The van der Waals surface area contributed by atoms with Gasteiger partial charge in [-0.1, -0.05) is 6.92 Å². The maximum Gasteiger partial charge on any atom is 0.329 e. The lowest BCUT2D eigenvalue weighted by Gasteiger charge is -2.25. The molecule has 0 aliphatic heterocycles. The van der Waals surface area contributed by atoms with E-state index in [-0.39, 0.29) is 11.9 Å². The predicted molar refractivity (Wildman–Crippen MR) is 64.5 cm³/mol. The Labute approximate surface area is 102 Å². The number of nitrogens with zero attached hydrogens (tertiary/aromatic N) is 1. The van der Waals surface area contributed by atoms with E-state index >= 15 is 0 Å². The maximum atomic E-state index is 11.5. The van der Waals surface area contributed by atoms with E-state index in [1.54, 1.807) is 0 Å². The van der Waals surface area contributed by atoms with Crippen LogP contribution >= 0.6 is 0 Å². The largest absolute Gasteiger partial charge is 0.467 e. The van der Waals surface area contributed by atoms with Gasteiger partial charge in [0, 0.05) is 20.0 Å². The zero-order valence-electron chi connectivity index (χ0n) is 10.9. The lowest BCUT2D eigenvalue weighted by Crippen LogP contribution is -2.48. The van der Waals surface area contributed by atoms with Crippen LogP contribution in [0.5, 0.6) is 0 Å². The van der Waals surface area contributed by atoms with Crippen molar-refractivity contribution in [2.45, 2.75) is 32.7 Å². The Kier molecular flexibility index (Phi) is 5.41. The standard InChI is InChI=1S/C12H22N2O3/c1-4-14(7-10-5-6-10)8-11(12(16)17-3)13-9(2)15/h10-11H,4-8H2,1-3H3,(H,13,15). The van der Waals surface area contributed by atoms with Crippen molar-refractivity contribution in [2.24, 2.45) is 5.92 Å². The number of rotatable bonds is 7. The molecule has 1 aliphatic rings. The summed E-state index contributed by atoms with van der Waals surface area (Å²) in [6.45, 7) is 5.88. The zero-order valence-corrected chi connectivity index (χ0v) is 10.9. The molecule has 1 fully saturated rings. The van der Waals surface area contributed by atoms with E-state index in [1.807, 2.05) is 0 Å². The van der Waals surface area contributed by atoms with Crippen molar-refractivity contribution >= 4 is 11.9 Å². The number of likely N-dealkylation sites (N-methyl/N-ethyl adjacent to an activating group) is 1. The minimum Gasteiger partial charge on any atom is -0.467 e. The van der Waals surface area contributed by atoms with Gasteiger partial charge in [0.1, 0.15) is 6.04 Å². The average molecular weight is 242 g/mol. The Bertz CT molecular complexity index is 277. The number of hydrogen-bond acceptors (Lipinski definition) is 4. The first kappa shape index (κ1) is 14.0. The number of carbonyl (C=O) groups excluding carboxylic acids is 2. The normalized spacial score (nSPS) is 16.7. The summed E-state index contributed by atoms with van der Waals surface area (Å²) in [5.74, 6) is 0.183. The Balaban J connectivity index is 2.48. The molecule has 17 heavy (non-hydrogen) atoms. The fraction of sp³-hybridized carbons (Fsp3) is 0.833. The first-order valence-electron chi connectivity index (χ1n) is 6.14. The number of methoxy groups -OCH3 is 1. The summed E-state index contributed by atoms with van der Waals surface area (Å²) < 4.78 is 4.70. The Morgan fingerprint density at radius 1 is 1.47 bits per heavy atom. The number of hydrogen-bond donors (Lipinski definition) is 1. The van der Waals surface area contributed by atoms with Gasteiger partial charge in [-0.3, -0.25) is 4.79 Å². The summed E-state index contributed by atoms with van der Waals surface area (Å²) in [5, 5.41) is 2.63. The van der Waals surface area contributed by atoms with Crippen LogP contribution in [-0.2, 0) is 14.3 Å². The fourth-order valence-corrected chi connectivity index (χ4v) is 1.82. The van der Waals surface area contributed by atoms with E-state index in [4.69, 9.17) is 4.74 Å². The topological polar surface area (TPSA) is 58.6 Å². The van der Waals surface area contributed by atoms with Crippen LogP contribution in [0.25, 0.3) is 0 Å². The van der Waals surface area contributed by atoms with E-state index in [9.17, 15) is 9.59 Å². The van der Waals surface area contributed by atoms with Gasteiger partial charge in [-0.25, -0.2) is 4.79 Å². The van der Waals surface area contributed by atoms with Crippen molar-refractivity contribution in [1.82, 2.24) is 10.2 Å². The highest BCUT2D eigenvalue weighted by Gasteiger charge is 2.27. The third-order valence-corrected chi connectivity index (χ3v) is 2.96. The van der Waals surface area contributed by atoms with Crippen LogP contribution in [-0.4, -0.2) is 49.6 Å². The molecule has 1 rings (SSSR count). The van der Waals surface area contributed by atoms with Crippen LogP contribution < -0.4 is 5.32 Å². The molecule has 1 aliphatic carbocycles. The smallest absolute Gasteiger partial charge is 0.329 e. The second-order valence-electron chi connectivity index (χ2n) is 4.57. The fourth-order valence-electron chi connectivity index (χ4n) is 1.82. The molecule has 0 saturated heterocycles. The van der Waals surface area contributed by atoms with Gasteiger partial charge in [-0.15, -0.1) is 0 Å². The lowest BCUT2D eigenvalue weighted by atomic mass is 10.2. The van der Waals surface area contributed by atoms with E-state index in [0.717, 1.165) is 19.0 Å². The molecule has 5 nitrogen and oxygen atoms in total. The summed E-state index contributed by atoms with van der Waals surface area (Å²) in [6.07, 6.45) is 2.55. The van der Waals surface area contributed by atoms with Gasteiger partial charge < -0.3 is 15.0 Å². The van der Waals surface area contributed by atoms with Gasteiger partial charge in [0.15, 0.2) is 0 Å². The minimum absolute atomic E-state index is 0.206. The molecule has 1 atom stereocenters. The van der Waals surface area contributed by atoms with Crippen molar-refractivity contribution in [3.05, 3.63) is 0 Å². The monoisotopic (exact) mass is 242 g/mol. The van der Waals surface area contributed by atoms with E-state index in [1.165, 1.54) is 26.9 Å². The van der Waals surface area contributed by atoms with E-state index in [0.29, 0.717) is 6.54 Å². The molecule has 0 aromatic carbocycles. The first-order valence-corrected chi connectivity index (χ1v) is 6.14.